The number of halogens is 2. The number of fused-ring (bicyclic) bond motifs is 2. The van der Waals surface area contributed by atoms with Crippen molar-refractivity contribution in [1.82, 2.24) is 4.57 Å². The number of esters is 1. The first-order valence-electron chi connectivity index (χ1n) is 10.9. The second-order valence-corrected chi connectivity index (χ2v) is 9.56. The summed E-state index contributed by atoms with van der Waals surface area (Å²) in [5.74, 6) is -3.39. The molecule has 1 saturated carbocycles. The number of methoxy groups -OCH3 is 1. The maximum Gasteiger partial charge on any atom is 0.343 e. The van der Waals surface area contributed by atoms with Crippen LogP contribution < -0.4 is 10.2 Å². The second kappa shape index (κ2) is 7.92. The van der Waals surface area contributed by atoms with Crippen molar-refractivity contribution in [3.05, 3.63) is 50.6 Å². The van der Waals surface area contributed by atoms with Crippen LogP contribution in [0.15, 0.2) is 29.2 Å². The van der Waals surface area contributed by atoms with Crippen molar-refractivity contribution in [2.24, 2.45) is 0 Å². The first-order chi connectivity index (χ1) is 15.8. The molecule has 1 fully saturated rings. The quantitative estimate of drug-likeness (QED) is 0.533. The number of pyridine rings is 1. The number of ether oxygens (including phenoxy) is 2. The van der Waals surface area contributed by atoms with Gasteiger partial charge in [0.1, 0.15) is 11.7 Å². The lowest BCUT2D eigenvalue weighted by molar-refractivity contribution is -0.121. The van der Waals surface area contributed by atoms with Gasteiger partial charge in [-0.2, -0.15) is 0 Å². The van der Waals surface area contributed by atoms with E-state index < -0.39 is 29.8 Å². The van der Waals surface area contributed by atoms with Gasteiger partial charge in [-0.15, -0.1) is 11.3 Å². The standard InChI is InChI=1S/C24H23F2NO5S/c1-3-32-23(30)16-11-27(12-4-5-12)19-14(20(16)28)7-6-13(21(19)31-2)18-10-15-17(33-18)8-9-24(25,26)22(15)29/h6-7,10-12,22,29H,3-5,8-9H2,1-2H3. The third-order valence-electron chi connectivity index (χ3n) is 6.27. The van der Waals surface area contributed by atoms with Crippen molar-refractivity contribution in [1.29, 1.82) is 0 Å². The van der Waals surface area contributed by atoms with Gasteiger partial charge in [0.05, 0.1) is 24.6 Å². The minimum atomic E-state index is -3.16. The van der Waals surface area contributed by atoms with E-state index in [0.717, 1.165) is 17.7 Å². The highest BCUT2D eigenvalue weighted by Crippen LogP contribution is 2.49. The van der Waals surface area contributed by atoms with E-state index in [2.05, 4.69) is 0 Å². The van der Waals surface area contributed by atoms with Gasteiger partial charge in [0.2, 0.25) is 5.43 Å². The van der Waals surface area contributed by atoms with Gasteiger partial charge in [0.15, 0.2) is 5.75 Å². The smallest absolute Gasteiger partial charge is 0.343 e. The molecule has 0 radical (unpaired) electrons. The monoisotopic (exact) mass is 475 g/mol. The number of thiophene rings is 1. The summed E-state index contributed by atoms with van der Waals surface area (Å²) in [4.78, 5) is 26.9. The van der Waals surface area contributed by atoms with E-state index in [1.54, 1.807) is 25.1 Å². The first-order valence-corrected chi connectivity index (χ1v) is 11.7. The van der Waals surface area contributed by atoms with Gasteiger partial charge in [-0.05, 0) is 44.4 Å². The van der Waals surface area contributed by atoms with Crippen molar-refractivity contribution < 1.29 is 28.2 Å². The molecule has 6 nitrogen and oxygen atoms in total. The maximum absolute atomic E-state index is 14.0. The maximum atomic E-state index is 14.0. The summed E-state index contributed by atoms with van der Waals surface area (Å²) in [7, 11) is 1.50. The number of rotatable bonds is 5. The Morgan fingerprint density at radius 2 is 2.09 bits per heavy atom. The van der Waals surface area contributed by atoms with E-state index in [9.17, 15) is 23.5 Å². The molecule has 0 spiro atoms. The van der Waals surface area contributed by atoms with Gasteiger partial charge < -0.3 is 19.1 Å². The molecule has 2 aromatic heterocycles. The van der Waals surface area contributed by atoms with Crippen LogP contribution in [0.5, 0.6) is 5.75 Å². The molecule has 2 aliphatic carbocycles. The lowest BCUT2D eigenvalue weighted by Gasteiger charge is -2.27. The predicted octanol–water partition coefficient (Wildman–Crippen LogP) is 4.87. The Hall–Kier alpha value is -2.78. The molecular weight excluding hydrogens is 452 g/mol. The third kappa shape index (κ3) is 3.54. The fourth-order valence-corrected chi connectivity index (χ4v) is 5.68. The third-order valence-corrected chi connectivity index (χ3v) is 7.52. The lowest BCUT2D eigenvalue weighted by Crippen LogP contribution is -2.30. The molecule has 33 heavy (non-hydrogen) atoms. The molecule has 1 unspecified atom stereocenters. The predicted molar refractivity (Wildman–Crippen MR) is 121 cm³/mol. The molecule has 5 rings (SSSR count). The SMILES string of the molecule is CCOC(=O)c1cn(C2CC2)c2c(OC)c(-c3cc4c(s3)CCC(F)(F)C4O)ccc2c1=O. The molecule has 0 bridgehead atoms. The van der Waals surface area contributed by atoms with Gasteiger partial charge in [-0.25, -0.2) is 13.6 Å². The molecule has 3 aromatic rings. The Kier molecular flexibility index (Phi) is 5.29. The van der Waals surface area contributed by atoms with Crippen LogP contribution in [-0.2, 0) is 11.2 Å². The van der Waals surface area contributed by atoms with Crippen LogP contribution >= 0.6 is 11.3 Å². The number of hydrogen-bond donors (Lipinski definition) is 1. The molecule has 2 aliphatic rings. The van der Waals surface area contributed by atoms with Crippen LogP contribution in [0.3, 0.4) is 0 Å². The molecule has 0 amide bonds. The molecular formula is C24H23F2NO5S. The Morgan fingerprint density at radius 1 is 1.33 bits per heavy atom. The lowest BCUT2D eigenvalue weighted by atomic mass is 9.92. The van der Waals surface area contributed by atoms with E-state index >= 15 is 0 Å². The average molecular weight is 476 g/mol. The molecule has 1 atom stereocenters. The van der Waals surface area contributed by atoms with Gasteiger partial charge in [-0.3, -0.25) is 4.79 Å². The number of benzene rings is 1. The van der Waals surface area contributed by atoms with Gasteiger partial charge in [0.25, 0.3) is 5.92 Å². The van der Waals surface area contributed by atoms with E-state index in [4.69, 9.17) is 9.47 Å². The molecule has 0 saturated heterocycles. The Bertz CT molecular complexity index is 1320. The number of carbonyl (C=O) groups excluding carboxylic acids is 1. The van der Waals surface area contributed by atoms with Gasteiger partial charge in [-0.1, -0.05) is 0 Å². The molecule has 1 N–H and O–H groups in total. The van der Waals surface area contributed by atoms with Crippen molar-refractivity contribution >= 4 is 28.2 Å². The summed E-state index contributed by atoms with van der Waals surface area (Å²) >= 11 is 1.34. The summed E-state index contributed by atoms with van der Waals surface area (Å²) in [5.41, 5.74) is 0.991. The number of aryl methyl sites for hydroxylation is 1. The largest absolute Gasteiger partial charge is 0.494 e. The van der Waals surface area contributed by atoms with Crippen LogP contribution in [-0.4, -0.2) is 35.3 Å². The zero-order chi connectivity index (χ0) is 23.5. The highest BCUT2D eigenvalue weighted by molar-refractivity contribution is 7.15. The number of nitrogens with zero attached hydrogens (tertiary/aromatic N) is 1. The zero-order valence-corrected chi connectivity index (χ0v) is 19.0. The van der Waals surface area contributed by atoms with Crippen LogP contribution in [0.1, 0.15) is 59.1 Å². The molecule has 174 valence electrons. The highest BCUT2D eigenvalue weighted by atomic mass is 32.1. The summed E-state index contributed by atoms with van der Waals surface area (Å²) in [5, 5.41) is 10.5. The minimum Gasteiger partial charge on any atom is -0.494 e. The average Bonchev–Trinajstić information content (AvgIpc) is 3.54. The first kappa shape index (κ1) is 22.0. The van der Waals surface area contributed by atoms with E-state index in [1.807, 2.05) is 4.57 Å². The Labute approximate surface area is 192 Å². The van der Waals surface area contributed by atoms with Gasteiger partial charge >= 0.3 is 5.97 Å². The molecule has 1 aromatic carbocycles. The summed E-state index contributed by atoms with van der Waals surface area (Å²) in [6, 6.07) is 5.06. The van der Waals surface area contributed by atoms with Crippen molar-refractivity contribution in [3.8, 4) is 16.2 Å². The summed E-state index contributed by atoms with van der Waals surface area (Å²) < 4.78 is 40.8. The van der Waals surface area contributed by atoms with Crippen molar-refractivity contribution in [2.75, 3.05) is 13.7 Å². The number of carbonyl (C=O) groups is 1. The highest BCUT2D eigenvalue weighted by Gasteiger charge is 2.44. The van der Waals surface area contributed by atoms with Gasteiger partial charge in [0, 0.05) is 39.5 Å². The second-order valence-electron chi connectivity index (χ2n) is 8.43. The van der Waals surface area contributed by atoms with E-state index in [0.29, 0.717) is 27.1 Å². The fourth-order valence-electron chi connectivity index (χ4n) is 4.46. The summed E-state index contributed by atoms with van der Waals surface area (Å²) in [6.45, 7) is 1.84. The number of aliphatic hydroxyl groups excluding tert-OH is 1. The molecule has 0 aliphatic heterocycles. The fraction of sp³-hybridized carbons (Fsp3) is 0.417. The zero-order valence-electron chi connectivity index (χ0n) is 18.2. The number of alkyl halides is 2. The Balaban J connectivity index is 1.72. The van der Waals surface area contributed by atoms with Crippen molar-refractivity contribution in [3.63, 3.8) is 0 Å². The normalized spacial score (nSPS) is 19.4. The number of aliphatic hydroxyl groups is 1. The van der Waals surface area contributed by atoms with E-state index in [1.165, 1.54) is 24.6 Å². The van der Waals surface area contributed by atoms with Crippen LogP contribution in [0.25, 0.3) is 21.3 Å². The molecule has 9 heteroatoms. The van der Waals surface area contributed by atoms with Crippen LogP contribution in [0, 0.1) is 0 Å². The van der Waals surface area contributed by atoms with Crippen molar-refractivity contribution in [2.45, 2.75) is 50.7 Å². The minimum absolute atomic E-state index is 0.0250. The van der Waals surface area contributed by atoms with E-state index in [-0.39, 0.29) is 30.2 Å². The topological polar surface area (TPSA) is 77.8 Å². The number of aromatic nitrogens is 1. The van der Waals surface area contributed by atoms with Crippen LogP contribution in [0.2, 0.25) is 0 Å². The molecule has 2 heterocycles. The number of hydrogen-bond acceptors (Lipinski definition) is 6. The van der Waals surface area contributed by atoms with Crippen LogP contribution in [0.4, 0.5) is 8.78 Å². The Morgan fingerprint density at radius 3 is 2.76 bits per heavy atom. The summed E-state index contributed by atoms with van der Waals surface area (Å²) in [6.07, 6.45) is 1.30.